The topological polar surface area (TPSA) is 0 Å². The molecule has 0 bridgehead atoms. The second-order valence-corrected chi connectivity index (χ2v) is 11.1. The van der Waals surface area contributed by atoms with Gasteiger partial charge in [0.2, 0.25) is 0 Å². The summed E-state index contributed by atoms with van der Waals surface area (Å²) in [6.45, 7) is 0. The summed E-state index contributed by atoms with van der Waals surface area (Å²) in [5.41, 5.74) is 1.79. The second-order valence-electron chi connectivity index (χ2n) is 5.28. The number of hydrogen-bond donors (Lipinski definition) is 0. The van der Waals surface area contributed by atoms with Crippen molar-refractivity contribution in [3.8, 4) is 0 Å². The van der Waals surface area contributed by atoms with Gasteiger partial charge in [0.1, 0.15) is 0 Å². The van der Waals surface area contributed by atoms with Crippen LogP contribution < -0.4 is 8.92 Å². The van der Waals surface area contributed by atoms with Gasteiger partial charge in [-0.3, -0.25) is 0 Å². The van der Waals surface area contributed by atoms with Crippen LogP contribution in [0.4, 0.5) is 0 Å². The summed E-state index contributed by atoms with van der Waals surface area (Å²) in [6, 6.07) is 22.1. The minimum atomic E-state index is 0.504. The Morgan fingerprint density at radius 2 is 1.10 bits per heavy atom. The van der Waals surface area contributed by atoms with E-state index < -0.39 is 0 Å². The summed E-state index contributed by atoms with van der Waals surface area (Å²) < 4.78 is 4.83. The standard InChI is InChI=1S/C19H20Se2/c1-4-10-16(11-5-1)19(20-17-12-6-2-7-13-17)21-18-14-8-3-9-15-18/h2-3,6-9,12-15H,1,4-5,10-11H2. The molecule has 108 valence electrons. The predicted octanol–water partition coefficient (Wildman–Crippen LogP) is 3.22. The number of hydrogen-bond acceptors (Lipinski definition) is 0. The zero-order valence-electron chi connectivity index (χ0n) is 12.1. The molecule has 1 aliphatic carbocycles. The molecule has 1 aliphatic rings. The molecule has 1 saturated carbocycles. The zero-order chi connectivity index (χ0) is 14.3. The number of rotatable bonds is 4. The van der Waals surface area contributed by atoms with E-state index in [0.29, 0.717) is 29.9 Å². The Balaban J connectivity index is 1.84. The van der Waals surface area contributed by atoms with Gasteiger partial charge in [-0.25, -0.2) is 0 Å². The van der Waals surface area contributed by atoms with Gasteiger partial charge in [-0.1, -0.05) is 0 Å². The Bertz CT molecular complexity index is 536. The van der Waals surface area contributed by atoms with Gasteiger partial charge in [0.25, 0.3) is 0 Å². The molecular formula is C19H20Se2. The average molecular weight is 406 g/mol. The molecule has 0 atom stereocenters. The molecule has 2 aromatic carbocycles. The molecule has 0 nitrogen and oxygen atoms in total. The molecule has 0 heterocycles. The van der Waals surface area contributed by atoms with Gasteiger partial charge in [0.05, 0.1) is 0 Å². The molecule has 0 amide bonds. The molecule has 3 rings (SSSR count). The van der Waals surface area contributed by atoms with E-state index in [2.05, 4.69) is 60.7 Å². The van der Waals surface area contributed by atoms with Gasteiger partial charge in [-0.2, -0.15) is 0 Å². The van der Waals surface area contributed by atoms with Crippen LogP contribution in [0.25, 0.3) is 0 Å². The SMILES string of the molecule is c1ccc([Se]C([Se]c2ccccc2)=C2CCCCC2)cc1. The van der Waals surface area contributed by atoms with Crippen LogP contribution in [0, 0.1) is 0 Å². The van der Waals surface area contributed by atoms with E-state index in [0.717, 1.165) is 0 Å². The van der Waals surface area contributed by atoms with Gasteiger partial charge in [-0.15, -0.1) is 0 Å². The molecule has 0 unspecified atom stereocenters. The molecule has 0 saturated heterocycles. The Labute approximate surface area is 140 Å². The first-order valence-corrected chi connectivity index (χ1v) is 11.0. The van der Waals surface area contributed by atoms with E-state index in [1.807, 2.05) is 0 Å². The Morgan fingerprint density at radius 3 is 1.57 bits per heavy atom. The van der Waals surface area contributed by atoms with Crippen molar-refractivity contribution in [2.24, 2.45) is 0 Å². The molecule has 0 N–H and O–H groups in total. The monoisotopic (exact) mass is 408 g/mol. The molecule has 0 aliphatic heterocycles. The van der Waals surface area contributed by atoms with Crippen molar-refractivity contribution in [1.29, 1.82) is 0 Å². The molecule has 0 spiro atoms. The first-order chi connectivity index (χ1) is 10.4. The fraction of sp³-hybridized carbons (Fsp3) is 0.263. The third-order valence-electron chi connectivity index (χ3n) is 3.65. The van der Waals surface area contributed by atoms with Crippen molar-refractivity contribution in [2.45, 2.75) is 32.1 Å². The third kappa shape index (κ3) is 4.59. The molecular weight excluding hydrogens is 386 g/mol. The fourth-order valence-electron chi connectivity index (χ4n) is 2.54. The van der Waals surface area contributed by atoms with Gasteiger partial charge in [0.15, 0.2) is 0 Å². The molecule has 21 heavy (non-hydrogen) atoms. The number of allylic oxidation sites excluding steroid dienone is 1. The van der Waals surface area contributed by atoms with Crippen LogP contribution >= 0.6 is 0 Å². The van der Waals surface area contributed by atoms with E-state index in [9.17, 15) is 0 Å². The normalized spacial score (nSPS) is 15.0. The van der Waals surface area contributed by atoms with E-state index >= 15 is 0 Å². The van der Waals surface area contributed by atoms with Crippen LogP contribution in [-0.2, 0) is 0 Å². The molecule has 2 heteroatoms. The summed E-state index contributed by atoms with van der Waals surface area (Å²) >= 11 is 1.01. The van der Waals surface area contributed by atoms with Crippen LogP contribution in [0.3, 0.4) is 0 Å². The van der Waals surface area contributed by atoms with Crippen molar-refractivity contribution in [3.63, 3.8) is 0 Å². The van der Waals surface area contributed by atoms with Crippen molar-refractivity contribution in [1.82, 2.24) is 0 Å². The molecule has 0 aromatic heterocycles. The summed E-state index contributed by atoms with van der Waals surface area (Å²) in [5, 5.41) is 0. The fourth-order valence-corrected chi connectivity index (χ4v) is 8.77. The van der Waals surface area contributed by atoms with E-state index in [1.54, 1.807) is 8.94 Å². The Hall–Kier alpha value is -0.781. The maximum atomic E-state index is 2.30. The number of benzene rings is 2. The minimum absolute atomic E-state index is 0.504. The Morgan fingerprint density at radius 1 is 0.619 bits per heavy atom. The van der Waals surface area contributed by atoms with Crippen molar-refractivity contribution >= 4 is 38.8 Å². The van der Waals surface area contributed by atoms with Crippen LogP contribution in [0.5, 0.6) is 0 Å². The van der Waals surface area contributed by atoms with E-state index in [4.69, 9.17) is 0 Å². The summed E-state index contributed by atoms with van der Waals surface area (Å²) in [4.78, 5) is 0. The van der Waals surface area contributed by atoms with Gasteiger partial charge in [0, 0.05) is 0 Å². The Kier molecular flexibility index (Phi) is 5.77. The first kappa shape index (κ1) is 15.1. The average Bonchev–Trinajstić information content (AvgIpc) is 2.57. The van der Waals surface area contributed by atoms with Crippen molar-refractivity contribution in [3.05, 3.63) is 69.6 Å². The van der Waals surface area contributed by atoms with Gasteiger partial charge >= 0.3 is 141 Å². The zero-order valence-corrected chi connectivity index (χ0v) is 15.6. The summed E-state index contributed by atoms with van der Waals surface area (Å²) in [6.07, 6.45) is 6.91. The van der Waals surface area contributed by atoms with Crippen molar-refractivity contribution in [2.75, 3.05) is 0 Å². The van der Waals surface area contributed by atoms with Crippen LogP contribution in [0.1, 0.15) is 32.1 Å². The van der Waals surface area contributed by atoms with Crippen LogP contribution in [0.2, 0.25) is 0 Å². The predicted molar refractivity (Wildman–Crippen MR) is 93.8 cm³/mol. The van der Waals surface area contributed by atoms with Crippen LogP contribution in [0.15, 0.2) is 69.6 Å². The summed E-state index contributed by atoms with van der Waals surface area (Å²) in [5.74, 6) is 0. The summed E-state index contributed by atoms with van der Waals surface area (Å²) in [7, 11) is 0. The van der Waals surface area contributed by atoms with E-state index in [1.165, 1.54) is 41.0 Å². The molecule has 1 fully saturated rings. The van der Waals surface area contributed by atoms with E-state index in [-0.39, 0.29) is 0 Å². The van der Waals surface area contributed by atoms with Crippen LogP contribution in [-0.4, -0.2) is 29.9 Å². The van der Waals surface area contributed by atoms with Crippen molar-refractivity contribution < 1.29 is 0 Å². The van der Waals surface area contributed by atoms with Gasteiger partial charge < -0.3 is 0 Å². The quantitative estimate of drug-likeness (QED) is 0.685. The maximum absolute atomic E-state index is 2.30. The molecule has 0 radical (unpaired) electrons. The van der Waals surface area contributed by atoms with Gasteiger partial charge in [-0.05, 0) is 0 Å². The second kappa shape index (κ2) is 8.01. The molecule has 2 aromatic rings. The first-order valence-electron chi connectivity index (χ1n) is 7.59. The third-order valence-corrected chi connectivity index (χ3v) is 9.59.